The molecule has 0 aliphatic heterocycles. The number of hydrogen-bond acceptors (Lipinski definition) is 4. The van der Waals surface area contributed by atoms with E-state index in [1.165, 1.54) is 0 Å². The first-order valence-electron chi connectivity index (χ1n) is 7.18. The van der Waals surface area contributed by atoms with Crippen molar-refractivity contribution in [1.29, 1.82) is 0 Å². The van der Waals surface area contributed by atoms with Gasteiger partial charge in [-0.3, -0.25) is 9.69 Å². The Labute approximate surface area is 128 Å². The van der Waals surface area contributed by atoms with Crippen LogP contribution >= 0.6 is 0 Å². The Balaban J connectivity index is 1.79. The van der Waals surface area contributed by atoms with Crippen LogP contribution in [0.5, 0.6) is 0 Å². The number of hydrogen-bond donors (Lipinski definition) is 1. The average Bonchev–Trinajstić information content (AvgIpc) is 2.77. The molecular weight excluding hydrogens is 278 g/mol. The van der Waals surface area contributed by atoms with Gasteiger partial charge in [0.05, 0.1) is 23.1 Å². The Morgan fingerprint density at radius 1 is 1.23 bits per heavy atom. The number of H-pyrrole nitrogens is 1. The van der Waals surface area contributed by atoms with Crippen molar-refractivity contribution >= 4 is 10.9 Å². The summed E-state index contributed by atoms with van der Waals surface area (Å²) in [6.07, 6.45) is 2.02. The van der Waals surface area contributed by atoms with E-state index >= 15 is 0 Å². The maximum atomic E-state index is 12.1. The van der Waals surface area contributed by atoms with E-state index in [1.807, 2.05) is 50.0 Å². The fourth-order valence-electron chi connectivity index (χ4n) is 2.51. The third-order valence-electron chi connectivity index (χ3n) is 3.67. The molecule has 6 nitrogen and oxygen atoms in total. The lowest BCUT2D eigenvalue weighted by Crippen LogP contribution is -2.22. The van der Waals surface area contributed by atoms with Crippen molar-refractivity contribution in [3.8, 4) is 0 Å². The number of nitrogens with zero attached hydrogens (tertiary/aromatic N) is 4. The van der Waals surface area contributed by atoms with E-state index in [0.29, 0.717) is 24.3 Å². The fraction of sp³-hybridized carbons (Fsp3) is 0.312. The monoisotopic (exact) mass is 297 g/mol. The molecule has 0 amide bonds. The molecule has 0 saturated heterocycles. The number of para-hydroxylation sites is 1. The van der Waals surface area contributed by atoms with Crippen LogP contribution in [-0.4, -0.2) is 31.5 Å². The lowest BCUT2D eigenvalue weighted by molar-refractivity contribution is 0.307. The minimum Gasteiger partial charge on any atom is -0.338 e. The highest BCUT2D eigenvalue weighted by Gasteiger charge is 2.09. The largest absolute Gasteiger partial charge is 0.338 e. The van der Waals surface area contributed by atoms with E-state index in [0.717, 1.165) is 17.0 Å². The van der Waals surface area contributed by atoms with Crippen LogP contribution in [0.3, 0.4) is 0 Å². The number of imidazole rings is 1. The molecule has 0 atom stereocenters. The molecule has 0 saturated carbocycles. The highest BCUT2D eigenvalue weighted by atomic mass is 16.1. The first-order valence-corrected chi connectivity index (χ1v) is 7.18. The van der Waals surface area contributed by atoms with Crippen LogP contribution in [0.4, 0.5) is 0 Å². The van der Waals surface area contributed by atoms with E-state index in [-0.39, 0.29) is 5.56 Å². The molecule has 1 N–H and O–H groups in total. The molecule has 2 aromatic heterocycles. The summed E-state index contributed by atoms with van der Waals surface area (Å²) in [6.45, 7) is 3.25. The summed E-state index contributed by atoms with van der Waals surface area (Å²) in [5.74, 6) is 1.65. The van der Waals surface area contributed by atoms with Crippen molar-refractivity contribution in [2.75, 3.05) is 7.05 Å². The van der Waals surface area contributed by atoms with Crippen LogP contribution < -0.4 is 5.56 Å². The Morgan fingerprint density at radius 3 is 2.73 bits per heavy atom. The Hall–Kier alpha value is -2.47. The predicted octanol–water partition coefficient (Wildman–Crippen LogP) is 1.60. The van der Waals surface area contributed by atoms with Gasteiger partial charge in [-0.1, -0.05) is 12.1 Å². The second-order valence-corrected chi connectivity index (χ2v) is 5.59. The second kappa shape index (κ2) is 5.73. The van der Waals surface area contributed by atoms with E-state index in [4.69, 9.17) is 0 Å². The first-order chi connectivity index (χ1) is 10.5. The van der Waals surface area contributed by atoms with Gasteiger partial charge >= 0.3 is 0 Å². The molecule has 3 aromatic rings. The highest BCUT2D eigenvalue weighted by molar-refractivity contribution is 5.77. The molecule has 0 aliphatic carbocycles. The topological polar surface area (TPSA) is 66.8 Å². The first kappa shape index (κ1) is 14.5. The second-order valence-electron chi connectivity index (χ2n) is 5.59. The van der Waals surface area contributed by atoms with Crippen LogP contribution in [-0.2, 0) is 20.1 Å². The summed E-state index contributed by atoms with van der Waals surface area (Å²) in [5, 5.41) is 0.620. The van der Waals surface area contributed by atoms with Crippen LogP contribution in [0.15, 0.2) is 35.3 Å². The van der Waals surface area contributed by atoms with E-state index in [1.54, 1.807) is 6.07 Å². The molecule has 0 radical (unpaired) electrons. The Morgan fingerprint density at radius 2 is 2.00 bits per heavy atom. The summed E-state index contributed by atoms with van der Waals surface area (Å²) >= 11 is 0. The number of fused-ring (bicyclic) bond motifs is 1. The molecule has 2 heterocycles. The molecule has 114 valence electrons. The highest BCUT2D eigenvalue weighted by Crippen LogP contribution is 2.08. The third kappa shape index (κ3) is 2.92. The standard InChI is InChI=1S/C16H19N5O/c1-11-17-12(9-21(11)3)8-20(2)10-15-18-14-7-5-4-6-13(14)16(22)19-15/h4-7,9H,8,10H2,1-3H3,(H,18,19,22). The van der Waals surface area contributed by atoms with Gasteiger partial charge in [-0.2, -0.15) is 0 Å². The van der Waals surface area contributed by atoms with Crippen molar-refractivity contribution in [3.63, 3.8) is 0 Å². The molecule has 0 spiro atoms. The van der Waals surface area contributed by atoms with Gasteiger partial charge in [0.2, 0.25) is 0 Å². The number of aryl methyl sites for hydroxylation is 2. The number of aromatic amines is 1. The SMILES string of the molecule is Cc1nc(CN(C)Cc2nc3ccccc3c(=O)[nH]2)cn1C. The molecule has 0 aliphatic rings. The molecule has 3 rings (SSSR count). The minimum absolute atomic E-state index is 0.0947. The van der Waals surface area contributed by atoms with Gasteiger partial charge in [0.1, 0.15) is 11.6 Å². The maximum absolute atomic E-state index is 12.1. The summed E-state index contributed by atoms with van der Waals surface area (Å²) in [7, 11) is 3.97. The zero-order chi connectivity index (χ0) is 15.7. The molecule has 1 aromatic carbocycles. The van der Waals surface area contributed by atoms with Crippen LogP contribution in [0.25, 0.3) is 10.9 Å². The van der Waals surface area contributed by atoms with Crippen molar-refractivity contribution < 1.29 is 0 Å². The van der Waals surface area contributed by atoms with Crippen molar-refractivity contribution in [3.05, 3.63) is 58.2 Å². The lowest BCUT2D eigenvalue weighted by Gasteiger charge is -2.14. The number of aromatic nitrogens is 4. The molecular formula is C16H19N5O. The van der Waals surface area contributed by atoms with Gasteiger partial charge in [-0.05, 0) is 26.1 Å². The van der Waals surface area contributed by atoms with Gasteiger partial charge in [-0.25, -0.2) is 9.97 Å². The number of nitrogens with one attached hydrogen (secondary N) is 1. The minimum atomic E-state index is -0.0947. The molecule has 0 fully saturated rings. The number of rotatable bonds is 4. The van der Waals surface area contributed by atoms with Crippen LogP contribution in [0, 0.1) is 6.92 Å². The molecule has 0 unspecified atom stereocenters. The zero-order valence-corrected chi connectivity index (χ0v) is 13.0. The van der Waals surface area contributed by atoms with Gasteiger partial charge in [-0.15, -0.1) is 0 Å². The maximum Gasteiger partial charge on any atom is 0.258 e. The molecule has 0 bridgehead atoms. The fourth-order valence-corrected chi connectivity index (χ4v) is 2.51. The zero-order valence-electron chi connectivity index (χ0n) is 13.0. The van der Waals surface area contributed by atoms with Gasteiger partial charge in [0, 0.05) is 19.8 Å². The average molecular weight is 297 g/mol. The molecule has 22 heavy (non-hydrogen) atoms. The molecule has 6 heteroatoms. The Kier molecular flexibility index (Phi) is 3.77. The summed E-state index contributed by atoms with van der Waals surface area (Å²) < 4.78 is 2.00. The van der Waals surface area contributed by atoms with Crippen LogP contribution in [0.1, 0.15) is 17.3 Å². The van der Waals surface area contributed by atoms with Gasteiger partial charge in [0.15, 0.2) is 0 Å². The quantitative estimate of drug-likeness (QED) is 0.794. The summed E-state index contributed by atoms with van der Waals surface area (Å²) in [5.41, 5.74) is 1.64. The van der Waals surface area contributed by atoms with Crippen LogP contribution in [0.2, 0.25) is 0 Å². The summed E-state index contributed by atoms with van der Waals surface area (Å²) in [6, 6.07) is 7.37. The van der Waals surface area contributed by atoms with Crippen molar-refractivity contribution in [2.45, 2.75) is 20.0 Å². The lowest BCUT2D eigenvalue weighted by atomic mass is 10.2. The summed E-state index contributed by atoms with van der Waals surface area (Å²) in [4.78, 5) is 26.0. The third-order valence-corrected chi connectivity index (χ3v) is 3.67. The van der Waals surface area contributed by atoms with E-state index < -0.39 is 0 Å². The van der Waals surface area contributed by atoms with Crippen molar-refractivity contribution in [1.82, 2.24) is 24.4 Å². The number of benzene rings is 1. The van der Waals surface area contributed by atoms with Crippen molar-refractivity contribution in [2.24, 2.45) is 7.05 Å². The van der Waals surface area contributed by atoms with E-state index in [2.05, 4.69) is 19.9 Å². The van der Waals surface area contributed by atoms with Gasteiger partial charge in [0.25, 0.3) is 5.56 Å². The normalized spacial score (nSPS) is 11.5. The smallest absolute Gasteiger partial charge is 0.258 e. The van der Waals surface area contributed by atoms with Gasteiger partial charge < -0.3 is 9.55 Å². The predicted molar refractivity (Wildman–Crippen MR) is 85.5 cm³/mol. The Bertz CT molecular complexity index is 845. The van der Waals surface area contributed by atoms with E-state index in [9.17, 15) is 4.79 Å².